The predicted octanol–water partition coefficient (Wildman–Crippen LogP) is 7.47. The Hall–Kier alpha value is -4.11. The standard InChI is InChI=1S/C31H27NO2/c1-19-17-20(2)29(28(33)18-19)30-26-13-7-5-10-23(26)15-16-27(30)31(34)32-21(3)24-14-8-11-22-9-4-6-12-25(22)24/h4-18,21,33H,1-3H3,(H,32,34)/t21-/m0/s1. The Balaban J connectivity index is 1.63. The molecule has 0 aliphatic carbocycles. The maximum atomic E-state index is 13.7. The fourth-order valence-electron chi connectivity index (χ4n) is 4.98. The molecule has 0 radical (unpaired) electrons. The monoisotopic (exact) mass is 445 g/mol. The minimum Gasteiger partial charge on any atom is -0.507 e. The number of phenolic OH excluding ortho intramolecular Hbond substituents is 1. The lowest BCUT2D eigenvalue weighted by molar-refractivity contribution is 0.0941. The largest absolute Gasteiger partial charge is 0.507 e. The molecule has 168 valence electrons. The van der Waals surface area contributed by atoms with Crippen molar-refractivity contribution in [1.82, 2.24) is 5.32 Å². The number of phenols is 1. The van der Waals surface area contributed by atoms with E-state index >= 15 is 0 Å². The molecule has 34 heavy (non-hydrogen) atoms. The molecule has 2 N–H and O–H groups in total. The van der Waals surface area contributed by atoms with Crippen LogP contribution in [-0.2, 0) is 0 Å². The van der Waals surface area contributed by atoms with Crippen molar-refractivity contribution in [2.45, 2.75) is 26.8 Å². The molecule has 1 amide bonds. The molecule has 0 aliphatic heterocycles. The molecule has 0 aliphatic rings. The second kappa shape index (κ2) is 8.68. The van der Waals surface area contributed by atoms with Crippen molar-refractivity contribution >= 4 is 27.5 Å². The normalized spacial score (nSPS) is 12.1. The first-order valence-corrected chi connectivity index (χ1v) is 11.5. The van der Waals surface area contributed by atoms with Crippen LogP contribution < -0.4 is 5.32 Å². The number of carbonyl (C=O) groups is 1. The highest BCUT2D eigenvalue weighted by Crippen LogP contribution is 2.40. The van der Waals surface area contributed by atoms with Gasteiger partial charge in [0.15, 0.2) is 0 Å². The first-order valence-electron chi connectivity index (χ1n) is 11.5. The zero-order valence-electron chi connectivity index (χ0n) is 19.6. The molecule has 5 rings (SSSR count). The van der Waals surface area contributed by atoms with Gasteiger partial charge in [-0.1, -0.05) is 78.9 Å². The smallest absolute Gasteiger partial charge is 0.252 e. The second-order valence-electron chi connectivity index (χ2n) is 8.95. The summed E-state index contributed by atoms with van der Waals surface area (Å²) in [6.07, 6.45) is 0. The summed E-state index contributed by atoms with van der Waals surface area (Å²) >= 11 is 0. The van der Waals surface area contributed by atoms with Crippen LogP contribution in [0.25, 0.3) is 32.7 Å². The summed E-state index contributed by atoms with van der Waals surface area (Å²) in [6.45, 7) is 5.94. The first kappa shape index (κ1) is 21.7. The highest BCUT2D eigenvalue weighted by atomic mass is 16.3. The number of nitrogens with one attached hydrogen (secondary N) is 1. The third-order valence-electron chi connectivity index (χ3n) is 6.52. The van der Waals surface area contributed by atoms with Crippen molar-refractivity contribution in [3.63, 3.8) is 0 Å². The van der Waals surface area contributed by atoms with Crippen molar-refractivity contribution in [3.8, 4) is 16.9 Å². The number of carbonyl (C=O) groups excluding carboxylic acids is 1. The third kappa shape index (κ3) is 3.80. The summed E-state index contributed by atoms with van der Waals surface area (Å²) in [7, 11) is 0. The molecule has 3 heteroatoms. The van der Waals surface area contributed by atoms with Gasteiger partial charge in [0.05, 0.1) is 6.04 Å². The van der Waals surface area contributed by atoms with Crippen LogP contribution in [0.4, 0.5) is 0 Å². The Morgan fingerprint density at radius 2 is 1.41 bits per heavy atom. The number of hydrogen-bond acceptors (Lipinski definition) is 2. The highest BCUT2D eigenvalue weighted by molar-refractivity contribution is 6.11. The van der Waals surface area contributed by atoms with Crippen LogP contribution in [-0.4, -0.2) is 11.0 Å². The number of hydrogen-bond donors (Lipinski definition) is 2. The van der Waals surface area contributed by atoms with Crippen LogP contribution in [0.5, 0.6) is 5.75 Å². The van der Waals surface area contributed by atoms with Gasteiger partial charge in [0.1, 0.15) is 5.75 Å². The quantitative estimate of drug-likeness (QED) is 0.301. The number of amides is 1. The van der Waals surface area contributed by atoms with Gasteiger partial charge in [-0.05, 0) is 71.1 Å². The molecule has 0 saturated heterocycles. The lowest BCUT2D eigenvalue weighted by atomic mass is 9.89. The maximum absolute atomic E-state index is 13.7. The SMILES string of the molecule is Cc1cc(C)c(-c2c(C(=O)N[C@@H](C)c3cccc4ccccc34)ccc3ccccc23)c(O)c1. The zero-order chi connectivity index (χ0) is 23.8. The van der Waals surface area contributed by atoms with Gasteiger partial charge in [-0.15, -0.1) is 0 Å². The van der Waals surface area contributed by atoms with E-state index < -0.39 is 0 Å². The lowest BCUT2D eigenvalue weighted by Crippen LogP contribution is -2.27. The number of benzene rings is 5. The lowest BCUT2D eigenvalue weighted by Gasteiger charge is -2.20. The van der Waals surface area contributed by atoms with Crippen LogP contribution in [0, 0.1) is 13.8 Å². The fourth-order valence-corrected chi connectivity index (χ4v) is 4.98. The van der Waals surface area contributed by atoms with Crippen molar-refractivity contribution in [1.29, 1.82) is 0 Å². The molecule has 0 unspecified atom stereocenters. The predicted molar refractivity (Wildman–Crippen MR) is 140 cm³/mol. The van der Waals surface area contributed by atoms with Gasteiger partial charge in [0.2, 0.25) is 0 Å². The molecule has 0 aromatic heterocycles. The van der Waals surface area contributed by atoms with E-state index in [1.165, 1.54) is 0 Å². The van der Waals surface area contributed by atoms with Gasteiger partial charge in [-0.3, -0.25) is 4.79 Å². The Bertz CT molecular complexity index is 1520. The van der Waals surface area contributed by atoms with Crippen LogP contribution in [0.2, 0.25) is 0 Å². The molecular weight excluding hydrogens is 418 g/mol. The van der Waals surface area contributed by atoms with Crippen LogP contribution in [0.3, 0.4) is 0 Å². The van der Waals surface area contributed by atoms with Gasteiger partial charge >= 0.3 is 0 Å². The zero-order valence-corrected chi connectivity index (χ0v) is 19.6. The first-order chi connectivity index (χ1) is 16.4. The van der Waals surface area contributed by atoms with E-state index in [1.807, 2.05) is 81.4 Å². The maximum Gasteiger partial charge on any atom is 0.252 e. The van der Waals surface area contributed by atoms with E-state index in [2.05, 4.69) is 29.6 Å². The minimum atomic E-state index is -0.189. The van der Waals surface area contributed by atoms with Gasteiger partial charge in [-0.2, -0.15) is 0 Å². The van der Waals surface area contributed by atoms with E-state index in [9.17, 15) is 9.90 Å². The van der Waals surface area contributed by atoms with Gasteiger partial charge in [0.25, 0.3) is 5.91 Å². The van der Waals surface area contributed by atoms with Crippen LogP contribution in [0.1, 0.15) is 40.0 Å². The molecule has 0 fully saturated rings. The number of rotatable bonds is 4. The summed E-state index contributed by atoms with van der Waals surface area (Å²) < 4.78 is 0. The van der Waals surface area contributed by atoms with Crippen molar-refractivity contribution in [2.24, 2.45) is 0 Å². The highest BCUT2D eigenvalue weighted by Gasteiger charge is 2.22. The topological polar surface area (TPSA) is 49.3 Å². The summed E-state index contributed by atoms with van der Waals surface area (Å²) in [6, 6.07) is 29.8. The minimum absolute atomic E-state index is 0.166. The van der Waals surface area contributed by atoms with Crippen LogP contribution in [0.15, 0.2) is 91.0 Å². The Morgan fingerprint density at radius 1 is 0.765 bits per heavy atom. The van der Waals surface area contributed by atoms with Crippen molar-refractivity contribution in [3.05, 3.63) is 113 Å². The van der Waals surface area contributed by atoms with E-state index in [-0.39, 0.29) is 17.7 Å². The summed E-state index contributed by atoms with van der Waals surface area (Å²) in [5.74, 6) is 0.0190. The average molecular weight is 446 g/mol. The summed E-state index contributed by atoms with van der Waals surface area (Å²) in [5, 5.41) is 18.4. The molecule has 5 aromatic carbocycles. The number of aromatic hydroxyl groups is 1. The van der Waals surface area contributed by atoms with E-state index in [4.69, 9.17) is 0 Å². The Labute approximate surface area is 199 Å². The molecule has 0 heterocycles. The summed E-state index contributed by atoms with van der Waals surface area (Å²) in [5.41, 5.74) is 5.00. The van der Waals surface area contributed by atoms with E-state index in [1.54, 1.807) is 6.07 Å². The summed E-state index contributed by atoms with van der Waals surface area (Å²) in [4.78, 5) is 13.7. The van der Waals surface area contributed by atoms with Gasteiger partial charge in [-0.25, -0.2) is 0 Å². The Morgan fingerprint density at radius 3 is 2.15 bits per heavy atom. The van der Waals surface area contributed by atoms with Crippen molar-refractivity contribution in [2.75, 3.05) is 0 Å². The number of aryl methyl sites for hydroxylation is 2. The molecule has 0 bridgehead atoms. The van der Waals surface area contributed by atoms with Gasteiger partial charge in [0, 0.05) is 16.7 Å². The Kier molecular flexibility index (Phi) is 5.54. The fraction of sp³-hybridized carbons (Fsp3) is 0.129. The van der Waals surface area contributed by atoms with E-state index in [0.717, 1.165) is 43.8 Å². The van der Waals surface area contributed by atoms with Crippen LogP contribution >= 0.6 is 0 Å². The molecule has 3 nitrogen and oxygen atoms in total. The second-order valence-corrected chi connectivity index (χ2v) is 8.95. The van der Waals surface area contributed by atoms with Gasteiger partial charge < -0.3 is 10.4 Å². The molecular formula is C31H27NO2. The molecule has 0 saturated carbocycles. The number of fused-ring (bicyclic) bond motifs is 2. The molecule has 5 aromatic rings. The third-order valence-corrected chi connectivity index (χ3v) is 6.52. The average Bonchev–Trinajstić information content (AvgIpc) is 2.83. The van der Waals surface area contributed by atoms with Crippen molar-refractivity contribution < 1.29 is 9.90 Å². The molecule has 1 atom stereocenters. The molecule has 0 spiro atoms. The van der Waals surface area contributed by atoms with E-state index in [0.29, 0.717) is 11.1 Å².